The van der Waals surface area contributed by atoms with Crippen LogP contribution in [0.15, 0.2) is 42.6 Å². The van der Waals surface area contributed by atoms with E-state index in [1.807, 2.05) is 30.0 Å². The second kappa shape index (κ2) is 7.02. The molecule has 2 aliphatic heterocycles. The molecule has 1 aromatic heterocycles. The van der Waals surface area contributed by atoms with Gasteiger partial charge in [0.2, 0.25) is 0 Å². The van der Waals surface area contributed by atoms with Crippen molar-refractivity contribution < 1.29 is 13.5 Å². The highest BCUT2D eigenvalue weighted by atomic mass is 32.2. The fraction of sp³-hybridized carbons (Fsp3) is 0.421. The van der Waals surface area contributed by atoms with E-state index in [1.165, 1.54) is 12.1 Å². The van der Waals surface area contributed by atoms with E-state index >= 15 is 0 Å². The van der Waals surface area contributed by atoms with E-state index in [4.69, 9.17) is 4.74 Å². The van der Waals surface area contributed by atoms with Crippen molar-refractivity contribution in [3.8, 4) is 0 Å². The van der Waals surface area contributed by atoms with Gasteiger partial charge in [0.1, 0.15) is 0 Å². The minimum absolute atomic E-state index is 0.257. The third-order valence-corrected chi connectivity index (χ3v) is 6.36. The van der Waals surface area contributed by atoms with Crippen LogP contribution in [-0.2, 0) is 17.9 Å². The average Bonchev–Trinajstić information content (AvgIpc) is 3.01. The lowest BCUT2D eigenvalue weighted by atomic mass is 9.92. The number of likely N-dealkylation sites (tertiary alicyclic amines) is 1. The number of benzene rings is 1. The molecule has 132 valence electrons. The number of pyridine rings is 1. The van der Waals surface area contributed by atoms with Gasteiger partial charge in [-0.2, -0.15) is 0 Å². The first-order valence-electron chi connectivity index (χ1n) is 8.44. The van der Waals surface area contributed by atoms with Crippen molar-refractivity contribution in [3.05, 3.63) is 65.5 Å². The molecular formula is C19H20F2N2OS. The maximum Gasteiger partial charge on any atom is 0.159 e. The number of halogens is 2. The largest absolute Gasteiger partial charge is 0.371 e. The van der Waals surface area contributed by atoms with Crippen LogP contribution in [0.3, 0.4) is 0 Å². The van der Waals surface area contributed by atoms with Crippen LogP contribution in [0.1, 0.15) is 17.7 Å². The molecule has 0 bridgehead atoms. The summed E-state index contributed by atoms with van der Waals surface area (Å²) < 4.78 is 32.6. The molecule has 3 nitrogen and oxygen atoms in total. The van der Waals surface area contributed by atoms with Crippen molar-refractivity contribution in [1.82, 2.24) is 9.88 Å². The summed E-state index contributed by atoms with van der Waals surface area (Å²) in [5.74, 6) is -0.555. The van der Waals surface area contributed by atoms with E-state index in [0.717, 1.165) is 36.5 Å². The molecule has 0 amide bonds. The first kappa shape index (κ1) is 16.9. The SMILES string of the molecule is Fc1ccc(CN2CC3(C[C@@H](OCc4ccccn4)CS3)C2)cc1F. The zero-order valence-electron chi connectivity index (χ0n) is 13.8. The quantitative estimate of drug-likeness (QED) is 0.811. The predicted octanol–water partition coefficient (Wildman–Crippen LogP) is 3.64. The molecule has 0 N–H and O–H groups in total. The van der Waals surface area contributed by atoms with E-state index in [-0.39, 0.29) is 10.9 Å². The Balaban J connectivity index is 1.25. The first-order chi connectivity index (χ1) is 12.1. The maximum atomic E-state index is 13.3. The van der Waals surface area contributed by atoms with Crippen LogP contribution in [-0.4, -0.2) is 39.6 Å². The highest BCUT2D eigenvalue weighted by Gasteiger charge is 2.49. The molecule has 0 aliphatic carbocycles. The Hall–Kier alpha value is -1.50. The normalized spacial score (nSPS) is 22.2. The Labute approximate surface area is 150 Å². The molecule has 2 fully saturated rings. The second-order valence-electron chi connectivity index (χ2n) is 6.85. The fourth-order valence-electron chi connectivity index (χ4n) is 3.59. The van der Waals surface area contributed by atoms with Crippen molar-refractivity contribution in [2.45, 2.75) is 30.4 Å². The molecule has 25 heavy (non-hydrogen) atoms. The lowest BCUT2D eigenvalue weighted by molar-refractivity contribution is 0.0251. The van der Waals surface area contributed by atoms with Gasteiger partial charge in [-0.25, -0.2) is 8.78 Å². The van der Waals surface area contributed by atoms with Crippen molar-refractivity contribution >= 4 is 11.8 Å². The van der Waals surface area contributed by atoms with Crippen LogP contribution >= 0.6 is 11.8 Å². The summed E-state index contributed by atoms with van der Waals surface area (Å²) >= 11 is 1.97. The second-order valence-corrected chi connectivity index (χ2v) is 8.33. The Kier molecular flexibility index (Phi) is 4.75. The van der Waals surface area contributed by atoms with E-state index in [9.17, 15) is 8.78 Å². The lowest BCUT2D eigenvalue weighted by Crippen LogP contribution is -2.58. The van der Waals surface area contributed by atoms with Gasteiger partial charge in [-0.05, 0) is 36.2 Å². The van der Waals surface area contributed by atoms with Crippen LogP contribution in [0, 0.1) is 11.6 Å². The van der Waals surface area contributed by atoms with Crippen LogP contribution in [0.4, 0.5) is 8.78 Å². The minimum Gasteiger partial charge on any atom is -0.371 e. The van der Waals surface area contributed by atoms with Crippen molar-refractivity contribution in [3.63, 3.8) is 0 Å². The highest BCUT2D eigenvalue weighted by Crippen LogP contribution is 2.46. The third kappa shape index (κ3) is 3.86. The average molecular weight is 362 g/mol. The monoisotopic (exact) mass is 362 g/mol. The maximum absolute atomic E-state index is 13.3. The number of rotatable bonds is 5. The number of ether oxygens (including phenoxy) is 1. The molecule has 1 aromatic carbocycles. The topological polar surface area (TPSA) is 25.4 Å². The summed E-state index contributed by atoms with van der Waals surface area (Å²) in [6.07, 6.45) is 3.09. The zero-order chi connectivity index (χ0) is 17.3. The van der Waals surface area contributed by atoms with Gasteiger partial charge in [-0.3, -0.25) is 9.88 Å². The third-order valence-electron chi connectivity index (χ3n) is 4.78. The van der Waals surface area contributed by atoms with E-state index in [0.29, 0.717) is 13.2 Å². The minimum atomic E-state index is -0.789. The summed E-state index contributed by atoms with van der Waals surface area (Å²) in [6.45, 7) is 3.17. The van der Waals surface area contributed by atoms with Gasteiger partial charge >= 0.3 is 0 Å². The number of thioether (sulfide) groups is 1. The van der Waals surface area contributed by atoms with Crippen LogP contribution in [0.2, 0.25) is 0 Å². The van der Waals surface area contributed by atoms with Gasteiger partial charge in [0.05, 0.1) is 18.4 Å². The summed E-state index contributed by atoms with van der Waals surface area (Å²) in [5.41, 5.74) is 1.78. The molecule has 2 saturated heterocycles. The van der Waals surface area contributed by atoms with Crippen molar-refractivity contribution in [2.24, 2.45) is 0 Å². The molecule has 1 atom stereocenters. The van der Waals surface area contributed by atoms with Crippen molar-refractivity contribution in [1.29, 1.82) is 0 Å². The van der Waals surface area contributed by atoms with Crippen molar-refractivity contribution in [2.75, 3.05) is 18.8 Å². The number of nitrogens with zero attached hydrogens (tertiary/aromatic N) is 2. The number of aromatic nitrogens is 1. The summed E-state index contributed by atoms with van der Waals surface area (Å²) in [6, 6.07) is 10.0. The fourth-order valence-corrected chi connectivity index (χ4v) is 5.20. The van der Waals surface area contributed by atoms with Gasteiger partial charge in [0.25, 0.3) is 0 Å². The van der Waals surface area contributed by atoms with E-state index < -0.39 is 11.6 Å². The molecule has 0 radical (unpaired) electrons. The van der Waals surface area contributed by atoms with Gasteiger partial charge in [-0.15, -0.1) is 11.8 Å². The van der Waals surface area contributed by atoms with E-state index in [1.54, 1.807) is 12.3 Å². The summed E-state index contributed by atoms with van der Waals surface area (Å²) in [7, 11) is 0. The van der Waals surface area contributed by atoms with Crippen LogP contribution in [0.25, 0.3) is 0 Å². The van der Waals surface area contributed by atoms with Gasteiger partial charge in [0, 0.05) is 36.3 Å². The molecule has 3 heterocycles. The molecule has 0 saturated carbocycles. The Bertz CT molecular complexity index is 737. The molecule has 0 unspecified atom stereocenters. The van der Waals surface area contributed by atoms with Gasteiger partial charge in [-0.1, -0.05) is 12.1 Å². The summed E-state index contributed by atoms with van der Waals surface area (Å²) in [5, 5.41) is 0. The zero-order valence-corrected chi connectivity index (χ0v) is 14.6. The van der Waals surface area contributed by atoms with Gasteiger partial charge in [0.15, 0.2) is 11.6 Å². The molecule has 1 spiro atoms. The summed E-state index contributed by atoms with van der Waals surface area (Å²) in [4.78, 5) is 6.56. The Morgan fingerprint density at radius 3 is 2.84 bits per heavy atom. The molecular weight excluding hydrogens is 342 g/mol. The molecule has 2 aliphatic rings. The number of hydrogen-bond donors (Lipinski definition) is 0. The smallest absolute Gasteiger partial charge is 0.159 e. The molecule has 2 aromatic rings. The van der Waals surface area contributed by atoms with E-state index in [2.05, 4.69) is 9.88 Å². The Morgan fingerprint density at radius 1 is 1.20 bits per heavy atom. The number of hydrogen-bond acceptors (Lipinski definition) is 4. The standard InChI is InChI=1S/C19H20F2N2OS/c20-17-5-4-14(7-18(17)21)9-23-12-19(13-23)8-16(11-25-19)24-10-15-3-1-2-6-22-15/h1-7,16H,8-13H2/t16-/m1/s1. The molecule has 4 rings (SSSR count). The Morgan fingerprint density at radius 2 is 2.08 bits per heavy atom. The highest BCUT2D eigenvalue weighted by molar-refractivity contribution is 8.01. The van der Waals surface area contributed by atoms with Gasteiger partial charge < -0.3 is 4.74 Å². The van der Waals surface area contributed by atoms with Crippen LogP contribution in [0.5, 0.6) is 0 Å². The lowest BCUT2D eigenvalue weighted by Gasteiger charge is -2.47. The predicted molar refractivity (Wildman–Crippen MR) is 94.3 cm³/mol. The molecule has 6 heteroatoms. The van der Waals surface area contributed by atoms with Crippen LogP contribution < -0.4 is 0 Å². The first-order valence-corrected chi connectivity index (χ1v) is 9.42.